The Labute approximate surface area is 172 Å². The van der Waals surface area contributed by atoms with Crippen molar-refractivity contribution in [2.75, 3.05) is 0 Å². The third-order valence-corrected chi connectivity index (χ3v) is 4.05. The Hall–Kier alpha value is -0.0500. The zero-order valence-electron chi connectivity index (χ0n) is 16.2. The van der Waals surface area contributed by atoms with E-state index in [1.54, 1.807) is 0 Å². The molecule has 0 saturated heterocycles. The molecule has 3 heteroatoms. The van der Waals surface area contributed by atoms with Gasteiger partial charge in [0.15, 0.2) is 0 Å². The van der Waals surface area contributed by atoms with Crippen LogP contribution in [0, 0.1) is 0 Å². The summed E-state index contributed by atoms with van der Waals surface area (Å²) in [6.45, 7) is 2.26. The second kappa shape index (κ2) is 22.9. The van der Waals surface area contributed by atoms with Crippen LogP contribution in [-0.4, -0.2) is 5.97 Å². The summed E-state index contributed by atoms with van der Waals surface area (Å²) in [5.74, 6) is -0.940. The molecular weight excluding hydrogens is 307 g/mol. The summed E-state index contributed by atoms with van der Waals surface area (Å²) in [6, 6.07) is 0. The predicted octanol–water partition coefficient (Wildman–Crippen LogP) is 2.72. The minimum atomic E-state index is -0.940. The van der Waals surface area contributed by atoms with Crippen molar-refractivity contribution in [1.29, 1.82) is 0 Å². The van der Waals surface area contributed by atoms with Gasteiger partial charge in [0, 0.05) is 5.97 Å². The quantitative estimate of drug-likeness (QED) is 0.231. The third kappa shape index (κ3) is 24.2. The third-order valence-electron chi connectivity index (χ3n) is 4.05. The number of aliphatic carboxylic acids is 1. The SMILES string of the molecule is CCCCCC/C=C\CCCCCCC/C=C\CCCC(=O)[O-].[Na+]. The van der Waals surface area contributed by atoms with Gasteiger partial charge in [-0.05, 0) is 57.8 Å². The minimum absolute atomic E-state index is 0. The van der Waals surface area contributed by atoms with Crippen molar-refractivity contribution in [1.82, 2.24) is 0 Å². The minimum Gasteiger partial charge on any atom is -0.550 e. The number of carbonyl (C=O) groups is 1. The molecule has 0 unspecified atom stereocenters. The molecule has 0 aromatic heterocycles. The molecule has 0 radical (unpaired) electrons. The molecule has 2 nitrogen and oxygen atoms in total. The van der Waals surface area contributed by atoms with Crippen LogP contribution in [0.4, 0.5) is 0 Å². The summed E-state index contributed by atoms with van der Waals surface area (Å²) < 4.78 is 0. The van der Waals surface area contributed by atoms with Gasteiger partial charge in [-0.2, -0.15) is 0 Å². The molecule has 0 heterocycles. The molecule has 0 aliphatic carbocycles. The molecule has 0 fully saturated rings. The molecule has 0 aliphatic heterocycles. The number of unbranched alkanes of at least 4 members (excludes halogenated alkanes) is 11. The normalized spacial score (nSPS) is 11.2. The van der Waals surface area contributed by atoms with Gasteiger partial charge in [-0.3, -0.25) is 0 Å². The standard InChI is InChI=1S/C21H38O2.Na/c1-2-3-4-5-6-7-8-9-10-11-12-13-14-15-16-17-18-19-20-21(22)23;/h7-8,16-17H,2-6,9-15,18-20H2,1H3,(H,22,23);/q;+1/p-1/b8-7-,17-16-;. The number of carboxylic acid groups (broad SMARTS) is 1. The van der Waals surface area contributed by atoms with Crippen LogP contribution in [0.15, 0.2) is 24.3 Å². The summed E-state index contributed by atoms with van der Waals surface area (Å²) in [5, 5.41) is 10.2. The van der Waals surface area contributed by atoms with E-state index in [1.807, 2.05) is 0 Å². The van der Waals surface area contributed by atoms with Gasteiger partial charge in [0.1, 0.15) is 0 Å². The number of rotatable bonds is 17. The first kappa shape index (κ1) is 26.2. The number of hydrogen-bond acceptors (Lipinski definition) is 2. The molecule has 0 aliphatic rings. The van der Waals surface area contributed by atoms with Crippen LogP contribution in [0.5, 0.6) is 0 Å². The first-order chi connectivity index (χ1) is 11.3. The van der Waals surface area contributed by atoms with Crippen LogP contribution in [0.25, 0.3) is 0 Å². The largest absolute Gasteiger partial charge is 1.00 e. The van der Waals surface area contributed by atoms with E-state index >= 15 is 0 Å². The van der Waals surface area contributed by atoms with Crippen molar-refractivity contribution in [2.24, 2.45) is 0 Å². The van der Waals surface area contributed by atoms with E-state index in [4.69, 9.17) is 0 Å². The van der Waals surface area contributed by atoms with Gasteiger partial charge >= 0.3 is 29.6 Å². The monoisotopic (exact) mass is 344 g/mol. The smallest absolute Gasteiger partial charge is 0.550 e. The average Bonchev–Trinajstić information content (AvgIpc) is 2.53. The Morgan fingerprint density at radius 3 is 1.46 bits per heavy atom. The number of allylic oxidation sites excluding steroid dienone is 4. The van der Waals surface area contributed by atoms with Gasteiger partial charge in [0.2, 0.25) is 0 Å². The van der Waals surface area contributed by atoms with Gasteiger partial charge < -0.3 is 9.90 Å². The van der Waals surface area contributed by atoms with Crippen molar-refractivity contribution in [3.05, 3.63) is 24.3 Å². The molecule has 0 atom stereocenters. The number of carbonyl (C=O) groups excluding carboxylic acids is 1. The zero-order chi connectivity index (χ0) is 17.0. The maximum atomic E-state index is 10.2. The Morgan fingerprint density at radius 1 is 0.667 bits per heavy atom. The maximum absolute atomic E-state index is 10.2. The van der Waals surface area contributed by atoms with E-state index < -0.39 is 5.97 Å². The molecule has 134 valence electrons. The Balaban J connectivity index is 0. The first-order valence-electron chi connectivity index (χ1n) is 9.77. The van der Waals surface area contributed by atoms with Crippen molar-refractivity contribution >= 4 is 5.97 Å². The summed E-state index contributed by atoms with van der Waals surface area (Å²) in [7, 11) is 0. The van der Waals surface area contributed by atoms with E-state index in [2.05, 4.69) is 31.2 Å². The van der Waals surface area contributed by atoms with E-state index in [-0.39, 0.29) is 36.0 Å². The van der Waals surface area contributed by atoms with Crippen LogP contribution in [0.2, 0.25) is 0 Å². The molecule has 0 bridgehead atoms. The van der Waals surface area contributed by atoms with Crippen LogP contribution in [-0.2, 0) is 4.79 Å². The zero-order valence-corrected chi connectivity index (χ0v) is 18.2. The predicted molar refractivity (Wildman–Crippen MR) is 98.2 cm³/mol. The fraction of sp³-hybridized carbons (Fsp3) is 0.762. The summed E-state index contributed by atoms with van der Waals surface area (Å²) in [6.07, 6.45) is 26.4. The molecular formula is C21H37NaO2. The van der Waals surface area contributed by atoms with Gasteiger partial charge in [0.25, 0.3) is 0 Å². The van der Waals surface area contributed by atoms with Gasteiger partial charge in [0.05, 0.1) is 0 Å². The number of hydrogen-bond donors (Lipinski definition) is 0. The summed E-state index contributed by atoms with van der Waals surface area (Å²) in [4.78, 5) is 10.2. The topological polar surface area (TPSA) is 40.1 Å². The van der Waals surface area contributed by atoms with Crippen LogP contribution in [0.1, 0.15) is 103 Å². The number of carboxylic acids is 1. The molecule has 0 amide bonds. The van der Waals surface area contributed by atoms with Crippen LogP contribution < -0.4 is 34.7 Å². The Kier molecular flexibility index (Phi) is 25.0. The molecule has 24 heavy (non-hydrogen) atoms. The second-order valence-corrected chi connectivity index (χ2v) is 6.40. The van der Waals surface area contributed by atoms with Crippen molar-refractivity contribution in [2.45, 2.75) is 103 Å². The molecule has 0 aromatic carbocycles. The van der Waals surface area contributed by atoms with Crippen molar-refractivity contribution < 1.29 is 39.5 Å². The Morgan fingerprint density at radius 2 is 1.04 bits per heavy atom. The van der Waals surface area contributed by atoms with Crippen molar-refractivity contribution in [3.63, 3.8) is 0 Å². The second-order valence-electron chi connectivity index (χ2n) is 6.40. The Bertz CT molecular complexity index is 311. The fourth-order valence-corrected chi connectivity index (χ4v) is 2.58. The van der Waals surface area contributed by atoms with Gasteiger partial charge in [-0.1, -0.05) is 69.8 Å². The molecule has 0 N–H and O–H groups in total. The van der Waals surface area contributed by atoms with E-state index in [0.29, 0.717) is 6.42 Å². The fourth-order valence-electron chi connectivity index (χ4n) is 2.58. The van der Waals surface area contributed by atoms with Crippen LogP contribution >= 0.6 is 0 Å². The van der Waals surface area contributed by atoms with Gasteiger partial charge in [-0.25, -0.2) is 0 Å². The molecule has 0 rings (SSSR count). The molecule has 0 saturated carbocycles. The maximum Gasteiger partial charge on any atom is 1.00 e. The van der Waals surface area contributed by atoms with E-state index in [1.165, 1.54) is 70.6 Å². The summed E-state index contributed by atoms with van der Waals surface area (Å²) >= 11 is 0. The van der Waals surface area contributed by atoms with Crippen LogP contribution in [0.3, 0.4) is 0 Å². The average molecular weight is 345 g/mol. The van der Waals surface area contributed by atoms with E-state index in [0.717, 1.165) is 12.8 Å². The summed E-state index contributed by atoms with van der Waals surface area (Å²) in [5.41, 5.74) is 0. The molecule has 0 spiro atoms. The van der Waals surface area contributed by atoms with Gasteiger partial charge in [-0.15, -0.1) is 0 Å². The molecule has 0 aromatic rings. The van der Waals surface area contributed by atoms with E-state index in [9.17, 15) is 9.90 Å². The first-order valence-corrected chi connectivity index (χ1v) is 9.77. The van der Waals surface area contributed by atoms with Crippen molar-refractivity contribution in [3.8, 4) is 0 Å².